The Morgan fingerprint density at radius 3 is 2.77 bits per heavy atom. The molecule has 5 nitrogen and oxygen atoms in total. The van der Waals surface area contributed by atoms with Crippen LogP contribution in [0.1, 0.15) is 21.5 Å². The third-order valence-corrected chi connectivity index (χ3v) is 4.13. The molecule has 22 heavy (non-hydrogen) atoms. The van der Waals surface area contributed by atoms with Gasteiger partial charge in [-0.15, -0.1) is 4.37 Å². The molecule has 4 rings (SSSR count). The minimum absolute atomic E-state index is 0.0902. The molecule has 108 valence electrons. The van der Waals surface area contributed by atoms with Crippen LogP contribution in [0, 0.1) is 0 Å². The third kappa shape index (κ3) is 1.96. The van der Waals surface area contributed by atoms with Crippen molar-refractivity contribution in [3.8, 4) is 22.9 Å². The van der Waals surface area contributed by atoms with Crippen molar-refractivity contribution >= 4 is 17.5 Å². The molecule has 1 aliphatic heterocycles. The monoisotopic (exact) mass is 310 g/mol. The molecule has 0 amide bonds. The molecular formula is C16H10N2O3S. The first-order valence-electron chi connectivity index (χ1n) is 6.65. The van der Waals surface area contributed by atoms with Crippen molar-refractivity contribution < 1.29 is 14.6 Å². The smallest absolute Gasteiger partial charge is 0.251 e. The summed E-state index contributed by atoms with van der Waals surface area (Å²) >= 11 is 0.926. The van der Waals surface area contributed by atoms with Crippen molar-refractivity contribution in [3.63, 3.8) is 0 Å². The van der Waals surface area contributed by atoms with Gasteiger partial charge in [0.05, 0.1) is 17.3 Å². The number of carbonyl (C=O) groups excluding carboxylic acids is 1. The number of benzene rings is 2. The molecule has 0 saturated heterocycles. The van der Waals surface area contributed by atoms with Crippen LogP contribution in [-0.2, 0) is 6.61 Å². The van der Waals surface area contributed by atoms with Gasteiger partial charge >= 0.3 is 0 Å². The van der Waals surface area contributed by atoms with E-state index in [2.05, 4.69) is 8.75 Å². The molecule has 0 saturated carbocycles. The van der Waals surface area contributed by atoms with Crippen LogP contribution in [0.5, 0.6) is 11.6 Å². The summed E-state index contributed by atoms with van der Waals surface area (Å²) in [6.45, 7) is 0.359. The summed E-state index contributed by atoms with van der Waals surface area (Å²) in [6, 6.07) is 12.6. The fourth-order valence-electron chi connectivity index (χ4n) is 2.51. The predicted molar refractivity (Wildman–Crippen MR) is 81.2 cm³/mol. The Morgan fingerprint density at radius 2 is 1.95 bits per heavy atom. The largest absolute Gasteiger partial charge is 0.491 e. The van der Waals surface area contributed by atoms with Crippen LogP contribution in [0.3, 0.4) is 0 Å². The van der Waals surface area contributed by atoms with Crippen LogP contribution in [0.2, 0.25) is 0 Å². The van der Waals surface area contributed by atoms with E-state index in [1.54, 1.807) is 24.3 Å². The molecule has 2 aromatic carbocycles. The highest BCUT2D eigenvalue weighted by Crippen LogP contribution is 2.34. The first kappa shape index (κ1) is 13.0. The van der Waals surface area contributed by atoms with Gasteiger partial charge in [0.1, 0.15) is 18.1 Å². The van der Waals surface area contributed by atoms with Crippen LogP contribution in [-0.4, -0.2) is 19.6 Å². The van der Waals surface area contributed by atoms with Crippen molar-refractivity contribution in [2.45, 2.75) is 6.61 Å². The molecule has 0 atom stereocenters. The van der Waals surface area contributed by atoms with Gasteiger partial charge in [0.15, 0.2) is 5.78 Å². The minimum atomic E-state index is -0.132. The Balaban J connectivity index is 1.88. The first-order chi connectivity index (χ1) is 10.7. The van der Waals surface area contributed by atoms with Gasteiger partial charge in [0.2, 0.25) is 0 Å². The maximum Gasteiger partial charge on any atom is 0.251 e. The summed E-state index contributed by atoms with van der Waals surface area (Å²) in [5.74, 6) is 0.313. The summed E-state index contributed by atoms with van der Waals surface area (Å²) in [6.07, 6.45) is 0. The molecule has 0 unspecified atom stereocenters. The number of ether oxygens (including phenoxy) is 1. The van der Waals surface area contributed by atoms with Gasteiger partial charge in [0.25, 0.3) is 5.88 Å². The number of hydrogen-bond acceptors (Lipinski definition) is 6. The topological polar surface area (TPSA) is 72.3 Å². The second-order valence-electron chi connectivity index (χ2n) is 4.92. The van der Waals surface area contributed by atoms with Gasteiger partial charge in [-0.1, -0.05) is 24.3 Å². The Labute approximate surface area is 130 Å². The van der Waals surface area contributed by atoms with Gasteiger partial charge in [-0.05, 0) is 18.2 Å². The molecule has 1 aromatic heterocycles. The molecule has 0 radical (unpaired) electrons. The summed E-state index contributed by atoms with van der Waals surface area (Å²) in [7, 11) is 0. The van der Waals surface area contributed by atoms with Gasteiger partial charge in [-0.3, -0.25) is 4.79 Å². The Kier molecular flexibility index (Phi) is 2.90. The van der Waals surface area contributed by atoms with Crippen LogP contribution in [0.25, 0.3) is 11.3 Å². The van der Waals surface area contributed by atoms with Crippen molar-refractivity contribution in [2.24, 2.45) is 0 Å². The average molecular weight is 310 g/mol. The highest BCUT2D eigenvalue weighted by molar-refractivity contribution is 6.99. The quantitative estimate of drug-likeness (QED) is 0.748. The van der Waals surface area contributed by atoms with E-state index in [0.29, 0.717) is 34.7 Å². The number of aromatic hydroxyl groups is 1. The highest BCUT2D eigenvalue weighted by Gasteiger charge is 2.23. The fraction of sp³-hybridized carbons (Fsp3) is 0.0625. The molecule has 1 aliphatic rings. The van der Waals surface area contributed by atoms with Crippen molar-refractivity contribution in [1.29, 1.82) is 0 Å². The summed E-state index contributed by atoms with van der Waals surface area (Å²) in [5, 5.41) is 9.71. The number of rotatable bonds is 1. The normalized spacial score (nSPS) is 13.0. The van der Waals surface area contributed by atoms with Gasteiger partial charge in [-0.25, -0.2) is 0 Å². The third-order valence-electron chi connectivity index (χ3n) is 3.61. The van der Waals surface area contributed by atoms with E-state index in [1.165, 1.54) is 0 Å². The van der Waals surface area contributed by atoms with Crippen LogP contribution in [0.15, 0.2) is 42.5 Å². The SMILES string of the molecule is O=C1c2ccccc2COc2ccc(-c3nsnc3O)cc21. The second kappa shape index (κ2) is 4.92. The number of nitrogens with zero attached hydrogens (tertiary/aromatic N) is 2. The van der Waals surface area contributed by atoms with Crippen molar-refractivity contribution in [1.82, 2.24) is 8.75 Å². The summed E-state index contributed by atoms with van der Waals surface area (Å²) < 4.78 is 13.5. The zero-order valence-corrected chi connectivity index (χ0v) is 12.1. The molecule has 0 fully saturated rings. The lowest BCUT2D eigenvalue weighted by Crippen LogP contribution is -2.02. The van der Waals surface area contributed by atoms with Gasteiger partial charge in [0, 0.05) is 16.7 Å². The van der Waals surface area contributed by atoms with Crippen LogP contribution >= 0.6 is 11.7 Å². The number of hydrogen-bond donors (Lipinski definition) is 1. The van der Waals surface area contributed by atoms with E-state index in [9.17, 15) is 9.90 Å². The summed E-state index contributed by atoms with van der Waals surface area (Å²) in [4.78, 5) is 12.8. The zero-order chi connectivity index (χ0) is 15.1. The molecule has 3 aromatic rings. The molecule has 0 aliphatic carbocycles. The minimum Gasteiger partial charge on any atom is -0.491 e. The van der Waals surface area contributed by atoms with Gasteiger partial charge in [-0.2, -0.15) is 4.37 Å². The lowest BCUT2D eigenvalue weighted by Gasteiger charge is -2.07. The number of fused-ring (bicyclic) bond motifs is 2. The lowest BCUT2D eigenvalue weighted by atomic mass is 9.97. The van der Waals surface area contributed by atoms with E-state index in [4.69, 9.17) is 4.74 Å². The van der Waals surface area contributed by atoms with E-state index in [-0.39, 0.29) is 11.7 Å². The molecule has 0 bridgehead atoms. The van der Waals surface area contributed by atoms with E-state index < -0.39 is 0 Å². The second-order valence-corrected chi connectivity index (χ2v) is 5.45. The predicted octanol–water partition coefficient (Wildman–Crippen LogP) is 3.03. The number of ketones is 1. The highest BCUT2D eigenvalue weighted by atomic mass is 32.1. The van der Waals surface area contributed by atoms with Crippen molar-refractivity contribution in [2.75, 3.05) is 0 Å². The average Bonchev–Trinajstić information content (AvgIpc) is 2.92. The lowest BCUT2D eigenvalue weighted by molar-refractivity contribution is 0.103. The first-order valence-corrected chi connectivity index (χ1v) is 7.38. The zero-order valence-electron chi connectivity index (χ0n) is 11.3. The molecule has 2 heterocycles. The standard InChI is InChI=1S/C16H10N2O3S/c19-15-11-4-2-1-3-10(11)8-21-13-6-5-9(7-12(13)15)14-16(20)18-22-17-14/h1-7H,8H2,(H,18,20). The van der Waals surface area contributed by atoms with E-state index >= 15 is 0 Å². The van der Waals surface area contributed by atoms with E-state index in [1.807, 2.05) is 18.2 Å². The van der Waals surface area contributed by atoms with Gasteiger partial charge < -0.3 is 9.84 Å². The Bertz CT molecular complexity index is 889. The van der Waals surface area contributed by atoms with Crippen LogP contribution < -0.4 is 4.74 Å². The Morgan fingerprint density at radius 1 is 1.09 bits per heavy atom. The maximum absolute atomic E-state index is 12.8. The maximum atomic E-state index is 12.8. The number of carbonyl (C=O) groups is 1. The van der Waals surface area contributed by atoms with Crippen LogP contribution in [0.4, 0.5) is 0 Å². The molecular weight excluding hydrogens is 300 g/mol. The van der Waals surface area contributed by atoms with Crippen molar-refractivity contribution in [3.05, 3.63) is 59.2 Å². The summed E-state index contributed by atoms with van der Waals surface area (Å²) in [5.41, 5.74) is 2.98. The van der Waals surface area contributed by atoms with E-state index in [0.717, 1.165) is 17.3 Å². The number of aromatic nitrogens is 2. The molecule has 1 N–H and O–H groups in total. The Hall–Kier alpha value is -2.73. The molecule has 6 heteroatoms. The molecule has 0 spiro atoms. The fourth-order valence-corrected chi connectivity index (χ4v) is 2.99.